The smallest absolute Gasteiger partial charge is 0.433 e. The fourth-order valence-corrected chi connectivity index (χ4v) is 2.80. The number of hydrogen-bond donors (Lipinski definition) is 2. The van der Waals surface area contributed by atoms with Gasteiger partial charge in [0.25, 0.3) is 11.8 Å². The summed E-state index contributed by atoms with van der Waals surface area (Å²) in [6.45, 7) is 4.84. The summed E-state index contributed by atoms with van der Waals surface area (Å²) >= 11 is 0. The Bertz CT molecular complexity index is 851. The third-order valence-electron chi connectivity index (χ3n) is 4.29. The largest absolute Gasteiger partial charge is 0.444 e. The van der Waals surface area contributed by atoms with Crippen LogP contribution in [0.1, 0.15) is 39.2 Å². The van der Waals surface area contributed by atoms with Crippen molar-refractivity contribution >= 4 is 29.9 Å². The van der Waals surface area contributed by atoms with Gasteiger partial charge in [-0.1, -0.05) is 30.3 Å². The molecule has 1 fully saturated rings. The second-order valence-corrected chi connectivity index (χ2v) is 8.22. The van der Waals surface area contributed by atoms with Crippen molar-refractivity contribution in [3.63, 3.8) is 0 Å². The molecule has 1 aliphatic rings. The molecule has 32 heavy (non-hydrogen) atoms. The summed E-state index contributed by atoms with van der Waals surface area (Å²) in [5.74, 6) is -1.72. The molecule has 0 aromatic heterocycles. The first-order valence-electron chi connectivity index (χ1n) is 10.1. The lowest BCUT2D eigenvalue weighted by Crippen LogP contribution is -2.52. The number of nitrogens with zero attached hydrogens (tertiary/aromatic N) is 2. The van der Waals surface area contributed by atoms with E-state index in [2.05, 4.69) is 10.6 Å². The van der Waals surface area contributed by atoms with Crippen LogP contribution in [0.15, 0.2) is 30.3 Å². The number of carbonyl (C=O) groups excluding carboxylic acids is 5. The molecular formula is C21H28N4O7. The highest BCUT2D eigenvalue weighted by Crippen LogP contribution is 2.12. The van der Waals surface area contributed by atoms with Gasteiger partial charge >= 0.3 is 12.2 Å². The van der Waals surface area contributed by atoms with Crippen molar-refractivity contribution < 1.29 is 33.5 Å². The maximum absolute atomic E-state index is 13.0. The van der Waals surface area contributed by atoms with Crippen molar-refractivity contribution in [3.05, 3.63) is 35.9 Å². The molecule has 0 bridgehead atoms. The zero-order chi connectivity index (χ0) is 23.9. The van der Waals surface area contributed by atoms with Gasteiger partial charge in [0.15, 0.2) is 0 Å². The Morgan fingerprint density at radius 1 is 1.06 bits per heavy atom. The predicted octanol–water partition coefficient (Wildman–Crippen LogP) is 1.33. The van der Waals surface area contributed by atoms with Gasteiger partial charge < -0.3 is 25.1 Å². The van der Waals surface area contributed by atoms with E-state index in [9.17, 15) is 24.0 Å². The van der Waals surface area contributed by atoms with Gasteiger partial charge in [-0.2, -0.15) is 0 Å². The highest BCUT2D eigenvalue weighted by atomic mass is 16.7. The van der Waals surface area contributed by atoms with E-state index in [1.807, 2.05) is 30.3 Å². The first-order chi connectivity index (χ1) is 15.0. The van der Waals surface area contributed by atoms with Gasteiger partial charge in [-0.05, 0) is 26.3 Å². The van der Waals surface area contributed by atoms with Crippen LogP contribution in [0, 0.1) is 0 Å². The van der Waals surface area contributed by atoms with E-state index in [-0.39, 0.29) is 25.9 Å². The Morgan fingerprint density at radius 3 is 2.22 bits per heavy atom. The van der Waals surface area contributed by atoms with E-state index in [0.29, 0.717) is 5.06 Å². The number of hydrogen-bond acceptors (Lipinski definition) is 7. The fraction of sp³-hybridized carbons (Fsp3) is 0.476. The number of benzene rings is 1. The Kier molecular flexibility index (Phi) is 8.16. The Hall–Kier alpha value is -3.63. The molecule has 0 spiro atoms. The normalized spacial score (nSPS) is 14.6. The summed E-state index contributed by atoms with van der Waals surface area (Å²) < 4.78 is 5.25. The van der Waals surface area contributed by atoms with E-state index < -0.39 is 41.6 Å². The van der Waals surface area contributed by atoms with E-state index in [1.54, 1.807) is 20.8 Å². The second-order valence-electron chi connectivity index (χ2n) is 8.22. The summed E-state index contributed by atoms with van der Waals surface area (Å²) in [5, 5.41) is 5.26. The molecule has 0 radical (unpaired) electrons. The van der Waals surface area contributed by atoms with Crippen molar-refractivity contribution in [3.8, 4) is 0 Å². The lowest BCUT2D eigenvalue weighted by Gasteiger charge is -2.26. The molecule has 0 aliphatic carbocycles. The Balaban J connectivity index is 1.98. The average molecular weight is 448 g/mol. The van der Waals surface area contributed by atoms with Crippen molar-refractivity contribution in [2.45, 2.75) is 51.7 Å². The number of nitrogens with one attached hydrogen (secondary N) is 2. The number of alkyl carbamates (subject to hydrolysis) is 1. The fourth-order valence-electron chi connectivity index (χ4n) is 2.80. The molecule has 2 rings (SSSR count). The SMILES string of the molecule is CN(CNC(=O)ON1C(=O)CCC1=O)C(=O)C(Cc1ccccc1)NC(=O)OC(C)(C)C. The third-order valence-corrected chi connectivity index (χ3v) is 4.29. The quantitative estimate of drug-likeness (QED) is 0.475. The molecule has 0 saturated carbocycles. The number of carbonyl (C=O) groups is 5. The first-order valence-corrected chi connectivity index (χ1v) is 10.1. The van der Waals surface area contributed by atoms with Crippen LogP contribution in [0.4, 0.5) is 9.59 Å². The topological polar surface area (TPSA) is 134 Å². The third kappa shape index (κ3) is 7.56. The number of likely N-dealkylation sites (N-methyl/N-ethyl adjacent to an activating group) is 1. The average Bonchev–Trinajstić information content (AvgIpc) is 3.02. The predicted molar refractivity (Wildman–Crippen MR) is 112 cm³/mol. The van der Waals surface area contributed by atoms with Gasteiger partial charge in [0.1, 0.15) is 11.6 Å². The van der Waals surface area contributed by atoms with Gasteiger partial charge in [0, 0.05) is 26.3 Å². The van der Waals surface area contributed by atoms with E-state index >= 15 is 0 Å². The molecule has 1 aliphatic heterocycles. The number of hydroxylamine groups is 2. The second kappa shape index (κ2) is 10.6. The molecule has 1 aromatic carbocycles. The summed E-state index contributed by atoms with van der Waals surface area (Å²) in [5.41, 5.74) is 0.0697. The molecule has 1 aromatic rings. The zero-order valence-corrected chi connectivity index (χ0v) is 18.5. The van der Waals surface area contributed by atoms with Crippen molar-refractivity contribution in [2.24, 2.45) is 0 Å². The molecule has 1 saturated heterocycles. The Labute approximate surface area is 186 Å². The number of imide groups is 1. The Morgan fingerprint density at radius 2 is 1.66 bits per heavy atom. The minimum atomic E-state index is -1.06. The number of rotatable bonds is 7. The molecule has 5 amide bonds. The van der Waals surface area contributed by atoms with Crippen LogP contribution in [-0.2, 0) is 30.4 Å². The van der Waals surface area contributed by atoms with Gasteiger partial charge in [0.2, 0.25) is 5.91 Å². The molecule has 2 N–H and O–H groups in total. The number of ether oxygens (including phenoxy) is 1. The van der Waals surface area contributed by atoms with E-state index in [0.717, 1.165) is 5.56 Å². The van der Waals surface area contributed by atoms with E-state index in [1.165, 1.54) is 11.9 Å². The van der Waals surface area contributed by atoms with Gasteiger partial charge in [-0.25, -0.2) is 9.59 Å². The van der Waals surface area contributed by atoms with E-state index in [4.69, 9.17) is 9.57 Å². The summed E-state index contributed by atoms with van der Waals surface area (Å²) in [7, 11) is 1.42. The van der Waals surface area contributed by atoms with Crippen molar-refractivity contribution in [1.82, 2.24) is 20.6 Å². The minimum absolute atomic E-state index is 0.0258. The minimum Gasteiger partial charge on any atom is -0.444 e. The monoisotopic (exact) mass is 448 g/mol. The summed E-state index contributed by atoms with van der Waals surface area (Å²) in [6, 6.07) is 8.13. The maximum atomic E-state index is 13.0. The van der Waals surface area contributed by atoms with Crippen LogP contribution in [0.5, 0.6) is 0 Å². The highest BCUT2D eigenvalue weighted by Gasteiger charge is 2.33. The maximum Gasteiger partial charge on any atom is 0.433 e. The van der Waals surface area contributed by atoms with Crippen LogP contribution in [0.25, 0.3) is 0 Å². The van der Waals surface area contributed by atoms with Gasteiger partial charge in [-0.3, -0.25) is 14.4 Å². The number of amides is 5. The van der Waals surface area contributed by atoms with Crippen molar-refractivity contribution in [2.75, 3.05) is 13.7 Å². The lowest BCUT2D eigenvalue weighted by molar-refractivity contribution is -0.171. The molecular weight excluding hydrogens is 420 g/mol. The summed E-state index contributed by atoms with van der Waals surface area (Å²) in [6.07, 6.45) is -1.67. The summed E-state index contributed by atoms with van der Waals surface area (Å²) in [4.78, 5) is 66.0. The van der Waals surface area contributed by atoms with Crippen LogP contribution >= 0.6 is 0 Å². The van der Waals surface area contributed by atoms with Crippen LogP contribution in [-0.4, -0.2) is 65.2 Å². The molecule has 11 heteroatoms. The zero-order valence-electron chi connectivity index (χ0n) is 18.5. The van der Waals surface area contributed by atoms with Gasteiger partial charge in [-0.15, -0.1) is 5.06 Å². The molecule has 174 valence electrons. The molecule has 1 atom stereocenters. The lowest BCUT2D eigenvalue weighted by atomic mass is 10.1. The first kappa shape index (κ1) is 24.6. The standard InChI is InChI=1S/C21H28N4O7/c1-21(2,3)31-20(30)23-15(12-14-8-6-5-7-9-14)18(28)24(4)13-22-19(29)32-25-16(26)10-11-17(25)27/h5-9,15H,10-13H2,1-4H3,(H,22,29)(H,23,30). The van der Waals surface area contributed by atoms with Crippen molar-refractivity contribution in [1.29, 1.82) is 0 Å². The van der Waals surface area contributed by atoms with Crippen LogP contribution in [0.3, 0.4) is 0 Å². The highest BCUT2D eigenvalue weighted by molar-refractivity contribution is 6.01. The van der Waals surface area contributed by atoms with Crippen LogP contribution < -0.4 is 10.6 Å². The molecule has 11 nitrogen and oxygen atoms in total. The van der Waals surface area contributed by atoms with Gasteiger partial charge in [0.05, 0.1) is 6.67 Å². The molecule has 1 heterocycles. The molecule has 1 unspecified atom stereocenters. The van der Waals surface area contributed by atoms with Crippen LogP contribution in [0.2, 0.25) is 0 Å².